The molecule has 0 bridgehead atoms. The summed E-state index contributed by atoms with van der Waals surface area (Å²) in [4.78, 5) is 40.3. The number of aliphatic hydroxyl groups is 1. The molecule has 2 aliphatic heterocycles. The molecule has 0 radical (unpaired) electrons. The van der Waals surface area contributed by atoms with E-state index in [-0.39, 0.29) is 30.4 Å². The number of carbonyl (C=O) groups is 2. The lowest BCUT2D eigenvalue weighted by molar-refractivity contribution is -0.384. The Kier molecular flexibility index (Phi) is 6.51. The van der Waals surface area contributed by atoms with Gasteiger partial charge in [-0.25, -0.2) is 0 Å². The van der Waals surface area contributed by atoms with E-state index < -0.39 is 22.7 Å². The van der Waals surface area contributed by atoms with Gasteiger partial charge in [0.15, 0.2) is 11.5 Å². The lowest BCUT2D eigenvalue weighted by Crippen LogP contribution is -2.38. The molecule has 0 aliphatic carbocycles. The fraction of sp³-hybridized carbons (Fsp3) is 0.333. The second-order valence-electron chi connectivity index (χ2n) is 7.94. The Balaban J connectivity index is 1.79. The Labute approximate surface area is 196 Å². The third kappa shape index (κ3) is 4.19. The number of hydrogen-bond acceptors (Lipinski definition) is 8. The van der Waals surface area contributed by atoms with Gasteiger partial charge in [0.1, 0.15) is 5.76 Å². The minimum atomic E-state index is -0.887. The standard InChI is InChI=1S/C24H25N3O7/c1-3-25(4-2)11-12-26-21(15-5-8-17(9-6-15)27(31)32)20(23(29)24(26)30)22(28)16-7-10-18-19(13-16)34-14-33-18/h5-10,13,21,28H,3-4,11-12,14H2,1-2H3. The maximum Gasteiger partial charge on any atom is 0.295 e. The van der Waals surface area contributed by atoms with Crippen LogP contribution in [0.15, 0.2) is 48.0 Å². The topological polar surface area (TPSA) is 122 Å². The van der Waals surface area contributed by atoms with Crippen LogP contribution in [0, 0.1) is 10.1 Å². The van der Waals surface area contributed by atoms with Crippen molar-refractivity contribution in [2.75, 3.05) is 33.0 Å². The van der Waals surface area contributed by atoms with Crippen molar-refractivity contribution in [3.8, 4) is 11.5 Å². The van der Waals surface area contributed by atoms with Crippen molar-refractivity contribution in [1.29, 1.82) is 0 Å². The minimum Gasteiger partial charge on any atom is -0.507 e. The Morgan fingerprint density at radius 1 is 1.12 bits per heavy atom. The number of nitrogens with zero attached hydrogens (tertiary/aromatic N) is 3. The van der Waals surface area contributed by atoms with Gasteiger partial charge in [0, 0.05) is 30.8 Å². The van der Waals surface area contributed by atoms with E-state index in [0.717, 1.165) is 13.1 Å². The Hall–Kier alpha value is -3.92. The average molecular weight is 467 g/mol. The number of ether oxygens (including phenoxy) is 2. The number of rotatable bonds is 8. The van der Waals surface area contributed by atoms with E-state index in [0.29, 0.717) is 29.2 Å². The first kappa shape index (κ1) is 23.2. The molecule has 178 valence electrons. The van der Waals surface area contributed by atoms with E-state index >= 15 is 0 Å². The molecule has 1 atom stereocenters. The molecule has 2 aliphatic rings. The number of likely N-dealkylation sites (tertiary alicyclic amines) is 1. The van der Waals surface area contributed by atoms with Gasteiger partial charge in [-0.1, -0.05) is 13.8 Å². The number of nitro groups is 1. The normalized spacial score (nSPS) is 18.7. The smallest absolute Gasteiger partial charge is 0.295 e. The molecule has 2 heterocycles. The van der Waals surface area contributed by atoms with Gasteiger partial charge >= 0.3 is 0 Å². The first-order valence-corrected chi connectivity index (χ1v) is 11.0. The largest absolute Gasteiger partial charge is 0.507 e. The van der Waals surface area contributed by atoms with E-state index in [9.17, 15) is 24.8 Å². The molecule has 10 heteroatoms. The van der Waals surface area contributed by atoms with Crippen LogP contribution in [0.2, 0.25) is 0 Å². The summed E-state index contributed by atoms with van der Waals surface area (Å²) in [6.07, 6.45) is 0. The molecule has 4 rings (SSSR count). The average Bonchev–Trinajstić information content (AvgIpc) is 3.41. The van der Waals surface area contributed by atoms with E-state index in [1.807, 2.05) is 13.8 Å². The number of amides is 1. The number of fused-ring (bicyclic) bond motifs is 1. The van der Waals surface area contributed by atoms with Crippen LogP contribution in [0.4, 0.5) is 5.69 Å². The van der Waals surface area contributed by atoms with Crippen molar-refractivity contribution in [3.05, 3.63) is 69.3 Å². The van der Waals surface area contributed by atoms with Crippen molar-refractivity contribution >= 4 is 23.1 Å². The van der Waals surface area contributed by atoms with Crippen LogP contribution < -0.4 is 9.47 Å². The van der Waals surface area contributed by atoms with Crippen molar-refractivity contribution < 1.29 is 29.1 Å². The Morgan fingerprint density at radius 3 is 2.44 bits per heavy atom. The number of aliphatic hydroxyl groups excluding tert-OH is 1. The second-order valence-corrected chi connectivity index (χ2v) is 7.94. The second kappa shape index (κ2) is 9.52. The zero-order valence-corrected chi connectivity index (χ0v) is 18.9. The highest BCUT2D eigenvalue weighted by Crippen LogP contribution is 2.41. The van der Waals surface area contributed by atoms with Crippen LogP contribution in [-0.2, 0) is 9.59 Å². The van der Waals surface area contributed by atoms with Gasteiger partial charge in [-0.2, -0.15) is 0 Å². The molecular formula is C24H25N3O7. The van der Waals surface area contributed by atoms with Crippen molar-refractivity contribution in [1.82, 2.24) is 9.80 Å². The maximum absolute atomic E-state index is 13.1. The summed E-state index contributed by atoms with van der Waals surface area (Å²) in [5, 5.41) is 22.3. The van der Waals surface area contributed by atoms with Crippen LogP contribution in [0.25, 0.3) is 5.76 Å². The molecule has 2 aromatic rings. The fourth-order valence-electron chi connectivity index (χ4n) is 4.22. The van der Waals surface area contributed by atoms with Crippen LogP contribution in [0.3, 0.4) is 0 Å². The summed E-state index contributed by atoms with van der Waals surface area (Å²) in [7, 11) is 0. The molecule has 34 heavy (non-hydrogen) atoms. The van der Waals surface area contributed by atoms with Gasteiger partial charge in [0.05, 0.1) is 16.5 Å². The SMILES string of the molecule is CCN(CC)CCN1C(=O)C(=O)C(=C(O)c2ccc3c(c2)OCO3)C1c1ccc([N+](=O)[O-])cc1. The summed E-state index contributed by atoms with van der Waals surface area (Å²) in [5.41, 5.74) is 0.612. The van der Waals surface area contributed by atoms with Gasteiger partial charge in [-0.3, -0.25) is 19.7 Å². The van der Waals surface area contributed by atoms with Gasteiger partial charge in [-0.05, 0) is 49.0 Å². The third-order valence-electron chi connectivity index (χ3n) is 6.16. The molecule has 1 saturated heterocycles. The van der Waals surface area contributed by atoms with Crippen LogP contribution in [0.5, 0.6) is 11.5 Å². The predicted molar refractivity (Wildman–Crippen MR) is 122 cm³/mol. The fourth-order valence-corrected chi connectivity index (χ4v) is 4.22. The zero-order chi connectivity index (χ0) is 24.4. The molecule has 10 nitrogen and oxygen atoms in total. The third-order valence-corrected chi connectivity index (χ3v) is 6.16. The first-order chi connectivity index (χ1) is 16.3. The van der Waals surface area contributed by atoms with E-state index in [1.54, 1.807) is 18.2 Å². The lowest BCUT2D eigenvalue weighted by Gasteiger charge is -2.28. The molecule has 1 amide bonds. The molecule has 0 saturated carbocycles. The van der Waals surface area contributed by atoms with Gasteiger partial charge in [-0.15, -0.1) is 0 Å². The maximum atomic E-state index is 13.1. The summed E-state index contributed by atoms with van der Waals surface area (Å²) in [5.74, 6) is -0.934. The molecule has 0 aromatic heterocycles. The molecule has 1 N–H and O–H groups in total. The molecule has 1 unspecified atom stereocenters. The van der Waals surface area contributed by atoms with Crippen LogP contribution >= 0.6 is 0 Å². The van der Waals surface area contributed by atoms with E-state index in [2.05, 4.69) is 4.90 Å². The van der Waals surface area contributed by atoms with Crippen LogP contribution in [-0.4, -0.2) is 64.5 Å². The van der Waals surface area contributed by atoms with Gasteiger partial charge < -0.3 is 24.4 Å². The van der Waals surface area contributed by atoms with Crippen LogP contribution in [0.1, 0.15) is 31.0 Å². The quantitative estimate of drug-likeness (QED) is 0.207. The highest BCUT2D eigenvalue weighted by Gasteiger charge is 2.46. The lowest BCUT2D eigenvalue weighted by atomic mass is 9.95. The predicted octanol–water partition coefficient (Wildman–Crippen LogP) is 3.09. The molecular weight excluding hydrogens is 442 g/mol. The number of Topliss-reactive ketones (excluding diaryl/α,β-unsaturated/α-hetero) is 1. The number of likely N-dealkylation sites (N-methyl/N-ethyl adjacent to an activating group) is 1. The zero-order valence-electron chi connectivity index (χ0n) is 18.9. The highest BCUT2D eigenvalue weighted by molar-refractivity contribution is 6.46. The molecule has 1 fully saturated rings. The molecule has 0 spiro atoms. The Bertz CT molecular complexity index is 1160. The number of benzene rings is 2. The summed E-state index contributed by atoms with van der Waals surface area (Å²) >= 11 is 0. The number of ketones is 1. The minimum absolute atomic E-state index is 0.0537. The van der Waals surface area contributed by atoms with Crippen molar-refractivity contribution in [2.45, 2.75) is 19.9 Å². The number of carbonyl (C=O) groups excluding carboxylic acids is 2. The number of non-ortho nitro benzene ring substituents is 1. The Morgan fingerprint density at radius 2 is 1.79 bits per heavy atom. The van der Waals surface area contributed by atoms with Crippen molar-refractivity contribution in [3.63, 3.8) is 0 Å². The highest BCUT2D eigenvalue weighted by atomic mass is 16.7. The van der Waals surface area contributed by atoms with E-state index in [1.165, 1.54) is 29.2 Å². The summed E-state index contributed by atoms with van der Waals surface area (Å²) < 4.78 is 10.7. The van der Waals surface area contributed by atoms with Gasteiger partial charge in [0.2, 0.25) is 6.79 Å². The number of hydrogen-bond donors (Lipinski definition) is 1. The number of nitro benzene ring substituents is 1. The van der Waals surface area contributed by atoms with Gasteiger partial charge in [0.25, 0.3) is 17.4 Å². The van der Waals surface area contributed by atoms with E-state index in [4.69, 9.17) is 9.47 Å². The first-order valence-electron chi connectivity index (χ1n) is 11.0. The summed E-state index contributed by atoms with van der Waals surface area (Å²) in [6, 6.07) is 9.52. The monoisotopic (exact) mass is 467 g/mol. The molecule has 2 aromatic carbocycles. The van der Waals surface area contributed by atoms with Crippen molar-refractivity contribution in [2.24, 2.45) is 0 Å². The summed E-state index contributed by atoms with van der Waals surface area (Å²) in [6.45, 7) is 6.41.